The smallest absolute Gasteiger partial charge is 0.252 e. The Labute approximate surface area is 578 Å². The molecule has 0 spiro atoms. The Morgan fingerprint density at radius 2 is 0.722 bits per heavy atom. The molecule has 2 unspecified atom stereocenters. The first-order chi connectivity index (χ1) is 46.8. The van der Waals surface area contributed by atoms with Gasteiger partial charge in [0.05, 0.1) is 16.9 Å². The predicted molar refractivity (Wildman–Crippen MR) is 419 cm³/mol. The van der Waals surface area contributed by atoms with Crippen molar-refractivity contribution in [3.8, 4) is 33.4 Å². The molecular formula is C92H88BN3Si. The lowest BCUT2D eigenvalue weighted by molar-refractivity contribution is 0.195. The molecule has 0 amide bonds. The molecule has 0 bridgehead atoms. The van der Waals surface area contributed by atoms with Crippen LogP contribution in [-0.4, -0.2) is 20.3 Å². The first-order valence-corrected chi connectivity index (χ1v) is 37.4. The number of hydrogen-bond donors (Lipinski definition) is 0. The van der Waals surface area contributed by atoms with Gasteiger partial charge in [-0.3, -0.25) is 0 Å². The van der Waals surface area contributed by atoms with E-state index in [9.17, 15) is 0 Å². The minimum absolute atomic E-state index is 0.0934. The minimum Gasteiger partial charge on any atom is -0.334 e. The summed E-state index contributed by atoms with van der Waals surface area (Å²) in [4.78, 5) is 8.29. The van der Waals surface area contributed by atoms with Gasteiger partial charge in [-0.1, -0.05) is 313 Å². The summed E-state index contributed by atoms with van der Waals surface area (Å²) < 4.78 is 0. The molecule has 16 rings (SSSR count). The number of fused-ring (bicyclic) bond motifs is 7. The highest BCUT2D eigenvalue weighted by Crippen LogP contribution is 2.62. The Kier molecular flexibility index (Phi) is 14.9. The summed E-state index contributed by atoms with van der Waals surface area (Å²) in [5.41, 5.74) is 25.4. The average molecular weight is 1270 g/mol. The molecule has 1 fully saturated rings. The van der Waals surface area contributed by atoms with E-state index in [1.165, 1.54) is 139 Å². The largest absolute Gasteiger partial charge is 0.334 e. The van der Waals surface area contributed by atoms with Crippen LogP contribution < -0.4 is 51.8 Å². The topological polar surface area (TPSA) is 9.72 Å². The number of anilines is 8. The van der Waals surface area contributed by atoms with Crippen LogP contribution in [0.2, 0.25) is 0 Å². The van der Waals surface area contributed by atoms with Gasteiger partial charge in [-0.05, 0) is 172 Å². The van der Waals surface area contributed by atoms with Crippen molar-refractivity contribution in [2.45, 2.75) is 129 Å². The molecule has 0 radical (unpaired) electrons. The van der Waals surface area contributed by atoms with Crippen molar-refractivity contribution in [3.63, 3.8) is 0 Å². The van der Waals surface area contributed by atoms with Crippen molar-refractivity contribution in [1.29, 1.82) is 0 Å². The molecular weight excluding hydrogens is 1190 g/mol. The van der Waals surface area contributed by atoms with E-state index in [1.54, 1.807) is 0 Å². The summed E-state index contributed by atoms with van der Waals surface area (Å²) in [6.45, 7) is 26.4. The van der Waals surface area contributed by atoms with Gasteiger partial charge in [-0.25, -0.2) is 0 Å². The normalized spacial score (nSPS) is 17.3. The molecule has 1 aliphatic carbocycles. The maximum atomic E-state index is 2.87. The highest BCUT2D eigenvalue weighted by atomic mass is 28.3. The van der Waals surface area contributed by atoms with E-state index in [2.05, 4.69) is 376 Å². The van der Waals surface area contributed by atoms with Gasteiger partial charge < -0.3 is 14.7 Å². The molecule has 0 aromatic heterocycles. The van der Waals surface area contributed by atoms with Crippen molar-refractivity contribution < 1.29 is 0 Å². The van der Waals surface area contributed by atoms with Gasteiger partial charge in [0, 0.05) is 50.7 Å². The molecule has 3 nitrogen and oxygen atoms in total. The number of nitrogens with zero attached hydrogens (tertiary/aromatic N) is 3. The lowest BCUT2D eigenvalue weighted by atomic mass is 9.33. The average Bonchev–Trinajstić information content (AvgIpc) is 1.61. The van der Waals surface area contributed by atoms with Crippen molar-refractivity contribution in [3.05, 3.63) is 307 Å². The maximum Gasteiger partial charge on any atom is 0.252 e. The molecule has 5 heteroatoms. The summed E-state index contributed by atoms with van der Waals surface area (Å²) in [5.74, 6) is 0. The summed E-state index contributed by atoms with van der Waals surface area (Å²) in [5, 5.41) is 5.60. The molecule has 0 saturated heterocycles. The Hall–Kier alpha value is -9.68. The van der Waals surface area contributed by atoms with Crippen LogP contribution in [0, 0.1) is 0 Å². The second-order valence-electron chi connectivity index (χ2n) is 31.6. The second kappa shape index (κ2) is 23.3. The van der Waals surface area contributed by atoms with Gasteiger partial charge >= 0.3 is 0 Å². The van der Waals surface area contributed by atoms with Crippen LogP contribution in [0.4, 0.5) is 45.5 Å². The fraction of sp³-hybridized carbons (Fsp3) is 0.217. The molecule has 0 N–H and O–H groups in total. The Balaban J connectivity index is 1.05. The maximum absolute atomic E-state index is 2.93. The van der Waals surface area contributed by atoms with E-state index in [0.29, 0.717) is 0 Å². The standard InChI is InChI=1S/C92H88BN3Si/c1-88(2,3)67-45-50-80(75(57-67)64-34-20-13-21-35-64)94-83-49-44-66(63-32-18-12-19-33-63)56-78(83)93-79-59-69(90(7,8)9)47-52-84(79)95(81-51-46-68(89(4,5)6)58-76(81)65-36-22-14-23-37-65)86-61-70(60-85(94)87(86)93)96-82-53-48-74(62-77(82)91(10)54-30-31-55-92(91,96)11)97(71-38-24-15-25-39-71,72-40-26-16-27-41-72)73-42-28-17-29-43-73/h12-29,32-53,56-62H,30-31,54-55H2,1-11H3. The van der Waals surface area contributed by atoms with E-state index >= 15 is 0 Å². The van der Waals surface area contributed by atoms with Gasteiger partial charge in [0.15, 0.2) is 8.07 Å². The Morgan fingerprint density at radius 3 is 1.19 bits per heavy atom. The summed E-state index contributed by atoms with van der Waals surface area (Å²) in [7, 11) is -2.93. The first kappa shape index (κ1) is 62.1. The summed E-state index contributed by atoms with van der Waals surface area (Å²) in [6.07, 6.45) is 4.47. The Bertz CT molecular complexity index is 4860. The molecule has 4 aliphatic rings. The van der Waals surface area contributed by atoms with Gasteiger partial charge in [0.25, 0.3) is 6.71 Å². The fourth-order valence-electron chi connectivity index (χ4n) is 17.4. The monoisotopic (exact) mass is 1270 g/mol. The van der Waals surface area contributed by atoms with Crippen molar-refractivity contribution in [2.75, 3.05) is 14.7 Å². The zero-order chi connectivity index (χ0) is 66.8. The number of benzene rings is 12. The second-order valence-corrected chi connectivity index (χ2v) is 35.4. The molecule has 97 heavy (non-hydrogen) atoms. The third kappa shape index (κ3) is 10.0. The van der Waals surface area contributed by atoms with Crippen LogP contribution >= 0.6 is 0 Å². The lowest BCUT2D eigenvalue weighted by Gasteiger charge is -2.51. The highest BCUT2D eigenvalue weighted by Gasteiger charge is 2.59. The zero-order valence-electron chi connectivity index (χ0n) is 58.4. The van der Waals surface area contributed by atoms with Crippen molar-refractivity contribution in [1.82, 2.24) is 0 Å². The summed E-state index contributed by atoms with van der Waals surface area (Å²) in [6, 6.07) is 111. The van der Waals surface area contributed by atoms with Gasteiger partial charge in [-0.15, -0.1) is 0 Å². The molecule has 1 saturated carbocycles. The number of rotatable bonds is 10. The molecule has 12 aromatic carbocycles. The van der Waals surface area contributed by atoms with Crippen molar-refractivity contribution >= 4 is 97.4 Å². The van der Waals surface area contributed by atoms with Crippen LogP contribution in [0.25, 0.3) is 33.4 Å². The molecule has 478 valence electrons. The van der Waals surface area contributed by atoms with Crippen LogP contribution in [0.15, 0.2) is 285 Å². The lowest BCUT2D eigenvalue weighted by Crippen LogP contribution is -2.74. The van der Waals surface area contributed by atoms with Crippen LogP contribution in [0.1, 0.15) is 124 Å². The van der Waals surface area contributed by atoms with Gasteiger partial charge in [0.1, 0.15) is 0 Å². The van der Waals surface area contributed by atoms with E-state index < -0.39 is 8.07 Å². The van der Waals surface area contributed by atoms with E-state index in [0.717, 1.165) is 24.9 Å². The van der Waals surface area contributed by atoms with E-state index in [4.69, 9.17) is 0 Å². The Morgan fingerprint density at radius 1 is 0.330 bits per heavy atom. The molecule has 12 aromatic rings. The first-order valence-electron chi connectivity index (χ1n) is 35.4. The van der Waals surface area contributed by atoms with Gasteiger partial charge in [-0.2, -0.15) is 0 Å². The fourth-order valence-corrected chi connectivity index (χ4v) is 22.2. The van der Waals surface area contributed by atoms with Crippen LogP contribution in [0.3, 0.4) is 0 Å². The molecule has 3 aliphatic heterocycles. The van der Waals surface area contributed by atoms with Crippen molar-refractivity contribution in [2.24, 2.45) is 0 Å². The summed E-state index contributed by atoms with van der Waals surface area (Å²) >= 11 is 0. The van der Waals surface area contributed by atoms with Crippen LogP contribution in [-0.2, 0) is 21.7 Å². The predicted octanol–water partition coefficient (Wildman–Crippen LogP) is 19.8. The molecule has 3 heterocycles. The SMILES string of the molecule is CC(C)(C)c1ccc2c(c1)B1c3cc(-c4ccccc4)ccc3N(c3ccc(C(C)(C)C)cc3-c3ccccc3)c3cc(N4c5ccc([Si](c6ccccc6)(c6ccccc6)c6ccccc6)cc5C5(C)CCCCC45C)cc(c31)N2c1ccc(C(C)(C)C)cc1-c1ccccc1. The van der Waals surface area contributed by atoms with E-state index in [1.807, 2.05) is 0 Å². The quantitative estimate of drug-likeness (QED) is 0.0998. The third-order valence-corrected chi connectivity index (χ3v) is 27.6. The zero-order valence-corrected chi connectivity index (χ0v) is 59.4. The number of hydrogen-bond acceptors (Lipinski definition) is 3. The highest BCUT2D eigenvalue weighted by molar-refractivity contribution is 7.20. The van der Waals surface area contributed by atoms with Crippen LogP contribution in [0.5, 0.6) is 0 Å². The van der Waals surface area contributed by atoms with Gasteiger partial charge in [0.2, 0.25) is 0 Å². The minimum atomic E-state index is -2.93. The third-order valence-electron chi connectivity index (χ3n) is 22.8. The van der Waals surface area contributed by atoms with E-state index in [-0.39, 0.29) is 33.9 Å². The molecule has 2 atom stereocenters.